The Morgan fingerprint density at radius 2 is 1.80 bits per heavy atom. The minimum absolute atomic E-state index is 0.261. The molecular formula is C18H20N2O4S. The van der Waals surface area contributed by atoms with Crippen molar-refractivity contribution in [2.45, 2.75) is 18.4 Å². The second-order valence-electron chi connectivity index (χ2n) is 5.47. The van der Waals surface area contributed by atoms with Crippen molar-refractivity contribution < 1.29 is 18.5 Å². The maximum absolute atomic E-state index is 12.2. The van der Waals surface area contributed by atoms with E-state index >= 15 is 0 Å². The Hall–Kier alpha value is -2.67. The summed E-state index contributed by atoms with van der Waals surface area (Å²) < 4.78 is 24.1. The average Bonchev–Trinajstić information content (AvgIpc) is 2.59. The number of hydrogen-bond donors (Lipinski definition) is 2. The molecule has 0 heterocycles. The summed E-state index contributed by atoms with van der Waals surface area (Å²) >= 11 is 0. The monoisotopic (exact) mass is 360 g/mol. The summed E-state index contributed by atoms with van der Waals surface area (Å²) in [6.45, 7) is 2.31. The van der Waals surface area contributed by atoms with Gasteiger partial charge in [-0.2, -0.15) is 0 Å². The highest BCUT2D eigenvalue weighted by Crippen LogP contribution is 2.11. The number of nitrogens with one attached hydrogen (secondary N) is 2. The Balaban J connectivity index is 2.02. The van der Waals surface area contributed by atoms with Gasteiger partial charge in [0, 0.05) is 23.3 Å². The Morgan fingerprint density at radius 1 is 1.12 bits per heavy atom. The number of carbonyl (C=O) groups excluding carboxylic acids is 2. The van der Waals surface area contributed by atoms with Crippen molar-refractivity contribution in [1.82, 2.24) is 5.32 Å². The van der Waals surface area contributed by atoms with Crippen LogP contribution in [0.25, 0.3) is 0 Å². The maximum atomic E-state index is 12.2. The predicted octanol–water partition coefficient (Wildman–Crippen LogP) is 2.83. The van der Waals surface area contributed by atoms with Crippen LogP contribution in [0, 0.1) is 4.78 Å². The summed E-state index contributed by atoms with van der Waals surface area (Å²) in [6.07, 6.45) is 1.33. The van der Waals surface area contributed by atoms with Crippen LogP contribution in [0.5, 0.6) is 0 Å². The van der Waals surface area contributed by atoms with Gasteiger partial charge in [-0.3, -0.25) is 4.79 Å². The number of hydrogen-bond acceptors (Lipinski definition) is 5. The molecule has 25 heavy (non-hydrogen) atoms. The first-order valence-electron chi connectivity index (χ1n) is 7.69. The Labute approximate surface area is 147 Å². The molecule has 1 amide bonds. The van der Waals surface area contributed by atoms with Gasteiger partial charge >= 0.3 is 5.97 Å². The SMILES string of the molecule is CCOC(=O)c1cccc(CNC(=O)c2ccc(S(C)(=N)=O)cc2)c1. The van der Waals surface area contributed by atoms with Crippen molar-refractivity contribution in [3.63, 3.8) is 0 Å². The molecule has 0 bridgehead atoms. The molecule has 7 heteroatoms. The minimum Gasteiger partial charge on any atom is -0.462 e. The molecule has 0 aliphatic rings. The van der Waals surface area contributed by atoms with Gasteiger partial charge in [0.1, 0.15) is 0 Å². The molecule has 2 rings (SSSR count). The number of esters is 1. The molecule has 1 atom stereocenters. The van der Waals surface area contributed by atoms with E-state index in [0.717, 1.165) is 5.56 Å². The van der Waals surface area contributed by atoms with Crippen LogP contribution in [-0.2, 0) is 21.0 Å². The van der Waals surface area contributed by atoms with Gasteiger partial charge < -0.3 is 10.1 Å². The predicted molar refractivity (Wildman–Crippen MR) is 95.1 cm³/mol. The lowest BCUT2D eigenvalue weighted by Gasteiger charge is -2.08. The van der Waals surface area contributed by atoms with E-state index in [1.807, 2.05) is 0 Å². The Kier molecular flexibility index (Phi) is 5.93. The number of rotatable bonds is 6. The van der Waals surface area contributed by atoms with E-state index in [4.69, 9.17) is 9.52 Å². The van der Waals surface area contributed by atoms with E-state index in [-0.39, 0.29) is 12.5 Å². The highest BCUT2D eigenvalue weighted by atomic mass is 32.2. The zero-order chi connectivity index (χ0) is 18.4. The third kappa shape index (κ3) is 5.15. The van der Waals surface area contributed by atoms with Crippen LogP contribution in [0.3, 0.4) is 0 Å². The summed E-state index contributed by atoms with van der Waals surface area (Å²) in [7, 11) is -2.79. The number of ether oxygens (including phenoxy) is 1. The van der Waals surface area contributed by atoms with Gasteiger partial charge in [-0.15, -0.1) is 0 Å². The summed E-state index contributed by atoms with van der Waals surface area (Å²) in [4.78, 5) is 24.3. The van der Waals surface area contributed by atoms with Gasteiger partial charge in [0.15, 0.2) is 0 Å². The Bertz CT molecular complexity index is 874. The van der Waals surface area contributed by atoms with E-state index in [1.54, 1.807) is 31.2 Å². The lowest BCUT2D eigenvalue weighted by Crippen LogP contribution is -2.23. The molecule has 0 aliphatic heterocycles. The summed E-state index contributed by atoms with van der Waals surface area (Å²) in [5, 5.41) is 2.76. The van der Waals surface area contributed by atoms with Gasteiger partial charge in [-0.25, -0.2) is 13.8 Å². The first-order valence-corrected chi connectivity index (χ1v) is 9.66. The van der Waals surface area contributed by atoms with E-state index < -0.39 is 15.7 Å². The zero-order valence-electron chi connectivity index (χ0n) is 14.1. The van der Waals surface area contributed by atoms with Gasteiger partial charge in [-0.05, 0) is 48.9 Å². The largest absolute Gasteiger partial charge is 0.462 e. The van der Waals surface area contributed by atoms with Crippen LogP contribution in [0.4, 0.5) is 0 Å². The maximum Gasteiger partial charge on any atom is 0.338 e. The van der Waals surface area contributed by atoms with Gasteiger partial charge in [0.25, 0.3) is 5.91 Å². The summed E-state index contributed by atoms with van der Waals surface area (Å²) in [5.41, 5.74) is 1.62. The molecule has 0 spiro atoms. The molecule has 2 aromatic carbocycles. The second kappa shape index (κ2) is 7.94. The summed E-state index contributed by atoms with van der Waals surface area (Å²) in [5.74, 6) is -0.689. The van der Waals surface area contributed by atoms with Crippen LogP contribution >= 0.6 is 0 Å². The topological polar surface area (TPSA) is 96.3 Å². The van der Waals surface area contributed by atoms with Crippen molar-refractivity contribution in [2.75, 3.05) is 12.9 Å². The van der Waals surface area contributed by atoms with Crippen molar-refractivity contribution in [1.29, 1.82) is 4.78 Å². The highest BCUT2D eigenvalue weighted by Gasteiger charge is 2.10. The molecule has 132 valence electrons. The molecule has 0 saturated heterocycles. The van der Waals surface area contributed by atoms with Crippen molar-refractivity contribution in [3.8, 4) is 0 Å². The van der Waals surface area contributed by atoms with Crippen molar-refractivity contribution in [2.24, 2.45) is 0 Å². The van der Waals surface area contributed by atoms with Crippen molar-refractivity contribution >= 4 is 21.6 Å². The third-order valence-corrected chi connectivity index (χ3v) is 4.63. The van der Waals surface area contributed by atoms with Crippen LogP contribution in [-0.4, -0.2) is 28.9 Å². The van der Waals surface area contributed by atoms with E-state index in [0.29, 0.717) is 22.6 Å². The number of carbonyl (C=O) groups is 2. The fraction of sp³-hybridized carbons (Fsp3) is 0.222. The highest BCUT2D eigenvalue weighted by molar-refractivity contribution is 7.91. The number of benzene rings is 2. The minimum atomic E-state index is -2.79. The van der Waals surface area contributed by atoms with Gasteiger partial charge in [0.05, 0.1) is 21.9 Å². The first kappa shape index (κ1) is 18.7. The average molecular weight is 360 g/mol. The molecule has 0 radical (unpaired) electrons. The Morgan fingerprint density at radius 3 is 2.40 bits per heavy atom. The molecule has 0 aliphatic carbocycles. The van der Waals surface area contributed by atoms with Crippen molar-refractivity contribution in [3.05, 3.63) is 65.2 Å². The summed E-state index contributed by atoms with van der Waals surface area (Å²) in [6, 6.07) is 13.0. The van der Waals surface area contributed by atoms with Crippen LogP contribution < -0.4 is 5.32 Å². The van der Waals surface area contributed by atoms with Gasteiger partial charge in [-0.1, -0.05) is 12.1 Å². The van der Waals surface area contributed by atoms with E-state index in [2.05, 4.69) is 5.32 Å². The second-order valence-corrected chi connectivity index (χ2v) is 7.63. The first-order chi connectivity index (χ1) is 11.8. The van der Waals surface area contributed by atoms with Crippen LogP contribution in [0.15, 0.2) is 53.4 Å². The third-order valence-electron chi connectivity index (χ3n) is 3.46. The molecule has 2 aromatic rings. The lowest BCUT2D eigenvalue weighted by atomic mass is 10.1. The van der Waals surface area contributed by atoms with Crippen LogP contribution in [0.2, 0.25) is 0 Å². The quantitative estimate of drug-likeness (QED) is 0.774. The van der Waals surface area contributed by atoms with E-state index in [9.17, 15) is 13.8 Å². The molecule has 0 fully saturated rings. The fourth-order valence-electron chi connectivity index (χ4n) is 2.17. The molecule has 1 unspecified atom stereocenters. The molecule has 0 saturated carbocycles. The number of amides is 1. The van der Waals surface area contributed by atoms with Crippen LogP contribution in [0.1, 0.15) is 33.2 Å². The molecular weight excluding hydrogens is 340 g/mol. The smallest absolute Gasteiger partial charge is 0.338 e. The van der Waals surface area contributed by atoms with E-state index in [1.165, 1.54) is 30.5 Å². The molecule has 2 N–H and O–H groups in total. The molecule has 6 nitrogen and oxygen atoms in total. The van der Waals surface area contributed by atoms with Gasteiger partial charge in [0.2, 0.25) is 0 Å². The standard InChI is InChI=1S/C18H20N2O4S/c1-3-24-18(22)15-6-4-5-13(11-15)12-20-17(21)14-7-9-16(10-8-14)25(2,19)23/h4-11,19H,3,12H2,1-2H3,(H,20,21). The molecule has 0 aromatic heterocycles. The zero-order valence-corrected chi connectivity index (χ0v) is 14.9. The normalized spacial score (nSPS) is 12.9. The fourth-order valence-corrected chi connectivity index (χ4v) is 2.83. The lowest BCUT2D eigenvalue weighted by molar-refractivity contribution is 0.0526.